The summed E-state index contributed by atoms with van der Waals surface area (Å²) in [5.41, 5.74) is 0.740. The average Bonchev–Trinajstić information content (AvgIpc) is 2.89. The molecule has 0 saturated carbocycles. The number of amides is 1. The van der Waals surface area contributed by atoms with E-state index in [1.165, 1.54) is 25.7 Å². The van der Waals surface area contributed by atoms with E-state index >= 15 is 0 Å². The second kappa shape index (κ2) is 16.8. The van der Waals surface area contributed by atoms with Gasteiger partial charge in [-0.15, -0.1) is 0 Å². The third-order valence-corrected chi connectivity index (χ3v) is 5.25. The number of hydrogen-bond acceptors (Lipinski definition) is 7. The summed E-state index contributed by atoms with van der Waals surface area (Å²) < 4.78 is 21.3. The summed E-state index contributed by atoms with van der Waals surface area (Å²) in [5, 5.41) is 2.78. The molecule has 0 aromatic heterocycles. The minimum atomic E-state index is -0.826. The normalized spacial score (nSPS) is 10.9. The Morgan fingerprint density at radius 1 is 0.811 bits per heavy atom. The summed E-state index contributed by atoms with van der Waals surface area (Å²) in [6, 6.07) is 13.4. The standard InChI is InChI=1S/C29H37NO7/c1-4-7-8-9-10-13-20-36-23-18-16-22(17-19-23)28(32)30-24-14-11-12-15-25(24)37-26(29(33)35-6-3)21-27(31)34-5-2/h11-12,14-19,21H,4-10,13,20H2,1-3H3,(H,30,32)/b26-21-. The number of carbonyl (C=O) groups excluding carboxylic acids is 3. The number of ether oxygens (including phenoxy) is 4. The quantitative estimate of drug-likeness (QED) is 0.126. The predicted molar refractivity (Wildman–Crippen MR) is 142 cm³/mol. The summed E-state index contributed by atoms with van der Waals surface area (Å²) in [4.78, 5) is 37.1. The van der Waals surface area contributed by atoms with Crippen molar-refractivity contribution in [3.63, 3.8) is 0 Å². The minimum Gasteiger partial charge on any atom is -0.494 e. The maximum absolute atomic E-state index is 12.9. The third-order valence-electron chi connectivity index (χ3n) is 5.25. The molecule has 0 saturated heterocycles. The van der Waals surface area contributed by atoms with Gasteiger partial charge in [0, 0.05) is 5.56 Å². The molecule has 0 spiro atoms. The summed E-state index contributed by atoms with van der Waals surface area (Å²) in [6.45, 7) is 6.37. The van der Waals surface area contributed by atoms with Gasteiger partial charge in [0.1, 0.15) is 5.75 Å². The zero-order valence-corrected chi connectivity index (χ0v) is 21.9. The fourth-order valence-electron chi connectivity index (χ4n) is 3.37. The van der Waals surface area contributed by atoms with Crippen LogP contribution in [-0.4, -0.2) is 37.7 Å². The van der Waals surface area contributed by atoms with E-state index in [4.69, 9.17) is 18.9 Å². The van der Waals surface area contributed by atoms with Crippen LogP contribution >= 0.6 is 0 Å². The lowest BCUT2D eigenvalue weighted by Gasteiger charge is -2.14. The molecule has 0 aliphatic heterocycles. The first-order chi connectivity index (χ1) is 18.0. The van der Waals surface area contributed by atoms with Gasteiger partial charge < -0.3 is 24.3 Å². The van der Waals surface area contributed by atoms with Crippen LogP contribution in [0.25, 0.3) is 0 Å². The molecular formula is C29H37NO7. The molecule has 0 aliphatic rings. The number of rotatable bonds is 16. The van der Waals surface area contributed by atoms with E-state index in [-0.39, 0.29) is 30.6 Å². The number of nitrogens with one attached hydrogen (secondary N) is 1. The zero-order valence-electron chi connectivity index (χ0n) is 21.9. The Labute approximate surface area is 218 Å². The molecule has 37 heavy (non-hydrogen) atoms. The van der Waals surface area contributed by atoms with Crippen LogP contribution in [0.3, 0.4) is 0 Å². The number of benzene rings is 2. The smallest absolute Gasteiger partial charge is 0.374 e. The highest BCUT2D eigenvalue weighted by atomic mass is 16.6. The van der Waals surface area contributed by atoms with Gasteiger partial charge in [-0.3, -0.25) is 4.79 Å². The summed E-state index contributed by atoms with van der Waals surface area (Å²) in [6.07, 6.45) is 8.07. The number of para-hydroxylation sites is 2. The molecule has 1 amide bonds. The first kappa shape index (κ1) is 29.4. The molecule has 0 unspecified atom stereocenters. The molecule has 2 rings (SSSR count). The topological polar surface area (TPSA) is 100 Å². The highest BCUT2D eigenvalue weighted by molar-refractivity contribution is 6.05. The summed E-state index contributed by atoms with van der Waals surface area (Å²) in [7, 11) is 0. The van der Waals surface area contributed by atoms with E-state index in [2.05, 4.69) is 12.2 Å². The Morgan fingerprint density at radius 2 is 1.49 bits per heavy atom. The Hall–Kier alpha value is -3.81. The molecular weight excluding hydrogens is 474 g/mol. The van der Waals surface area contributed by atoms with E-state index < -0.39 is 11.9 Å². The molecule has 1 N–H and O–H groups in total. The van der Waals surface area contributed by atoms with Crippen LogP contribution in [-0.2, 0) is 19.1 Å². The minimum absolute atomic E-state index is 0.0966. The van der Waals surface area contributed by atoms with Gasteiger partial charge in [-0.05, 0) is 56.7 Å². The average molecular weight is 512 g/mol. The first-order valence-corrected chi connectivity index (χ1v) is 12.8. The number of hydrogen-bond donors (Lipinski definition) is 1. The van der Waals surface area contributed by atoms with Crippen LogP contribution in [0.4, 0.5) is 5.69 Å². The third kappa shape index (κ3) is 10.8. The van der Waals surface area contributed by atoms with Crippen molar-refractivity contribution < 1.29 is 33.3 Å². The molecule has 8 nitrogen and oxygen atoms in total. The number of anilines is 1. The van der Waals surface area contributed by atoms with E-state index in [9.17, 15) is 14.4 Å². The summed E-state index contributed by atoms with van der Waals surface area (Å²) >= 11 is 0. The predicted octanol–water partition coefficient (Wildman–Crippen LogP) is 6.07. The molecule has 2 aromatic carbocycles. The van der Waals surface area contributed by atoms with Crippen LogP contribution in [0.5, 0.6) is 11.5 Å². The lowest BCUT2D eigenvalue weighted by molar-refractivity contribution is -0.143. The van der Waals surface area contributed by atoms with Gasteiger partial charge in [-0.2, -0.15) is 0 Å². The van der Waals surface area contributed by atoms with Gasteiger partial charge in [0.05, 0.1) is 31.6 Å². The van der Waals surface area contributed by atoms with Crippen LogP contribution in [0.2, 0.25) is 0 Å². The van der Waals surface area contributed by atoms with Crippen molar-refractivity contribution in [1.82, 2.24) is 0 Å². The first-order valence-electron chi connectivity index (χ1n) is 12.8. The lowest BCUT2D eigenvalue weighted by Crippen LogP contribution is -2.17. The van der Waals surface area contributed by atoms with Gasteiger partial charge >= 0.3 is 11.9 Å². The van der Waals surface area contributed by atoms with E-state index in [1.54, 1.807) is 62.4 Å². The Balaban J connectivity index is 2.01. The highest BCUT2D eigenvalue weighted by Crippen LogP contribution is 2.27. The fraction of sp³-hybridized carbons (Fsp3) is 0.414. The number of esters is 2. The summed E-state index contributed by atoms with van der Waals surface area (Å²) in [5.74, 6) is -1.42. The van der Waals surface area contributed by atoms with Crippen molar-refractivity contribution in [1.29, 1.82) is 0 Å². The van der Waals surface area contributed by atoms with E-state index in [0.717, 1.165) is 18.9 Å². The largest absolute Gasteiger partial charge is 0.494 e. The van der Waals surface area contributed by atoms with Gasteiger partial charge in [-0.1, -0.05) is 51.2 Å². The molecule has 0 aliphatic carbocycles. The highest BCUT2D eigenvalue weighted by Gasteiger charge is 2.19. The monoisotopic (exact) mass is 511 g/mol. The SMILES string of the molecule is CCCCCCCCOc1ccc(C(=O)Nc2ccccc2O/C(=C\C(=O)OCC)C(=O)OCC)cc1. The Morgan fingerprint density at radius 3 is 2.19 bits per heavy atom. The van der Waals surface area contributed by atoms with Gasteiger partial charge in [-0.25, -0.2) is 9.59 Å². The van der Waals surface area contributed by atoms with Crippen molar-refractivity contribution in [3.8, 4) is 11.5 Å². The maximum Gasteiger partial charge on any atom is 0.374 e. The van der Waals surface area contributed by atoms with Crippen LogP contribution in [0.15, 0.2) is 60.4 Å². The molecule has 0 heterocycles. The van der Waals surface area contributed by atoms with Crippen molar-refractivity contribution >= 4 is 23.5 Å². The molecule has 0 radical (unpaired) electrons. The molecule has 8 heteroatoms. The van der Waals surface area contributed by atoms with Crippen LogP contribution in [0, 0.1) is 0 Å². The van der Waals surface area contributed by atoms with Crippen LogP contribution in [0.1, 0.15) is 69.7 Å². The van der Waals surface area contributed by atoms with E-state index in [0.29, 0.717) is 23.6 Å². The van der Waals surface area contributed by atoms with Crippen molar-refractivity contribution in [3.05, 3.63) is 65.9 Å². The van der Waals surface area contributed by atoms with E-state index in [1.807, 2.05) is 0 Å². The number of unbranched alkanes of at least 4 members (excludes halogenated alkanes) is 5. The molecule has 200 valence electrons. The zero-order chi connectivity index (χ0) is 26.9. The van der Waals surface area contributed by atoms with Crippen molar-refractivity contribution in [2.75, 3.05) is 25.1 Å². The molecule has 0 fully saturated rings. The number of carbonyl (C=O) groups is 3. The lowest BCUT2D eigenvalue weighted by atomic mass is 10.1. The molecule has 2 aromatic rings. The van der Waals surface area contributed by atoms with Gasteiger partial charge in [0.25, 0.3) is 5.91 Å². The Kier molecular flexibility index (Phi) is 13.3. The fourth-order valence-corrected chi connectivity index (χ4v) is 3.37. The van der Waals surface area contributed by atoms with Crippen molar-refractivity contribution in [2.24, 2.45) is 0 Å². The molecule has 0 atom stereocenters. The van der Waals surface area contributed by atoms with Crippen molar-refractivity contribution in [2.45, 2.75) is 59.3 Å². The van der Waals surface area contributed by atoms with Crippen LogP contribution < -0.4 is 14.8 Å². The second-order valence-electron chi connectivity index (χ2n) is 8.17. The van der Waals surface area contributed by atoms with Gasteiger partial charge in [0.2, 0.25) is 5.76 Å². The van der Waals surface area contributed by atoms with Gasteiger partial charge in [0.15, 0.2) is 5.75 Å². The maximum atomic E-state index is 12.9. The molecule has 0 bridgehead atoms. The second-order valence-corrected chi connectivity index (χ2v) is 8.17. The Bertz CT molecular complexity index is 1030.